The molecule has 4 aromatic heterocycles. The molecule has 0 saturated heterocycles. The van der Waals surface area contributed by atoms with Gasteiger partial charge in [-0.3, -0.25) is 14.6 Å². The normalized spacial score (nSPS) is 11.0. The van der Waals surface area contributed by atoms with Crippen LogP contribution in [0, 0.1) is 6.92 Å². The first-order valence-corrected chi connectivity index (χ1v) is 10.3. The highest BCUT2D eigenvalue weighted by Gasteiger charge is 2.17. The van der Waals surface area contributed by atoms with E-state index in [4.69, 9.17) is 11.6 Å². The van der Waals surface area contributed by atoms with Crippen LogP contribution in [0.1, 0.15) is 16.1 Å². The van der Waals surface area contributed by atoms with E-state index in [0.29, 0.717) is 22.5 Å². The van der Waals surface area contributed by atoms with Gasteiger partial charge in [-0.2, -0.15) is 10.2 Å². The van der Waals surface area contributed by atoms with Crippen LogP contribution in [0.4, 0.5) is 5.69 Å². The third kappa shape index (κ3) is 3.74. The van der Waals surface area contributed by atoms with E-state index in [0.717, 1.165) is 16.5 Å². The number of rotatable bonds is 4. The van der Waals surface area contributed by atoms with E-state index in [1.165, 1.54) is 23.4 Å². The molecule has 5 rings (SSSR count). The maximum absolute atomic E-state index is 13.0. The molecular formula is C23H16ClN7O2. The van der Waals surface area contributed by atoms with Crippen molar-refractivity contribution in [3.8, 4) is 16.9 Å². The van der Waals surface area contributed by atoms with Crippen LogP contribution in [0.2, 0.25) is 5.02 Å². The minimum absolute atomic E-state index is 0.169. The molecule has 1 aromatic carbocycles. The van der Waals surface area contributed by atoms with Crippen LogP contribution in [-0.2, 0) is 0 Å². The third-order valence-corrected chi connectivity index (χ3v) is 5.49. The van der Waals surface area contributed by atoms with Gasteiger partial charge >= 0.3 is 0 Å². The summed E-state index contributed by atoms with van der Waals surface area (Å²) in [6.45, 7) is 1.82. The lowest BCUT2D eigenvalue weighted by atomic mass is 9.95. The molecule has 0 radical (unpaired) electrons. The Hall–Kier alpha value is -4.37. The number of hydrogen-bond acceptors (Lipinski definition) is 6. The monoisotopic (exact) mass is 457 g/mol. The fraction of sp³-hybridized carbons (Fsp3) is 0.0435. The molecule has 0 unspecified atom stereocenters. The summed E-state index contributed by atoms with van der Waals surface area (Å²) in [6.07, 6.45) is 7.68. The Bertz CT molecular complexity index is 1560. The summed E-state index contributed by atoms with van der Waals surface area (Å²) in [4.78, 5) is 37.7. The Balaban J connectivity index is 1.49. The number of fused-ring (bicyclic) bond motifs is 1. The van der Waals surface area contributed by atoms with Crippen molar-refractivity contribution in [2.24, 2.45) is 0 Å². The third-order valence-electron chi connectivity index (χ3n) is 5.21. The maximum atomic E-state index is 13.0. The first-order valence-electron chi connectivity index (χ1n) is 9.93. The highest BCUT2D eigenvalue weighted by atomic mass is 35.5. The molecule has 0 bridgehead atoms. The van der Waals surface area contributed by atoms with Crippen molar-refractivity contribution < 1.29 is 4.79 Å². The largest absolute Gasteiger partial charge is 0.329 e. The number of nitrogens with one attached hydrogen (secondary N) is 2. The van der Waals surface area contributed by atoms with Crippen LogP contribution >= 0.6 is 11.6 Å². The molecule has 9 nitrogen and oxygen atoms in total. The lowest BCUT2D eigenvalue weighted by molar-refractivity contribution is 0.102. The molecule has 162 valence electrons. The zero-order chi connectivity index (χ0) is 22.9. The Morgan fingerprint density at radius 2 is 1.85 bits per heavy atom. The highest BCUT2D eigenvalue weighted by molar-refractivity contribution is 6.32. The van der Waals surface area contributed by atoms with Crippen LogP contribution in [0.3, 0.4) is 0 Å². The highest BCUT2D eigenvalue weighted by Crippen LogP contribution is 2.30. The number of pyridine rings is 3. The summed E-state index contributed by atoms with van der Waals surface area (Å²) < 4.78 is 0. The zero-order valence-electron chi connectivity index (χ0n) is 17.3. The van der Waals surface area contributed by atoms with Crippen molar-refractivity contribution in [2.45, 2.75) is 6.92 Å². The molecule has 0 aliphatic carbocycles. The Morgan fingerprint density at radius 3 is 2.64 bits per heavy atom. The first-order chi connectivity index (χ1) is 16.0. The summed E-state index contributed by atoms with van der Waals surface area (Å²) in [5.74, 6) is -0.0582. The van der Waals surface area contributed by atoms with Crippen LogP contribution in [-0.4, -0.2) is 35.9 Å². The topological polar surface area (TPSA) is 118 Å². The van der Waals surface area contributed by atoms with Crippen LogP contribution < -0.4 is 10.9 Å². The number of halogens is 1. The summed E-state index contributed by atoms with van der Waals surface area (Å²) >= 11 is 6.30. The lowest BCUT2D eigenvalue weighted by Crippen LogP contribution is -2.16. The number of aromatic amines is 1. The predicted octanol–water partition coefficient (Wildman–Crippen LogP) is 3.78. The number of aromatic nitrogens is 6. The number of hydrogen-bond donors (Lipinski definition) is 2. The molecule has 2 N–H and O–H groups in total. The zero-order valence-corrected chi connectivity index (χ0v) is 18.0. The minimum atomic E-state index is -0.407. The van der Waals surface area contributed by atoms with Gasteiger partial charge in [0.2, 0.25) is 0 Å². The number of H-pyrrole nitrogens is 1. The second kappa shape index (κ2) is 8.29. The van der Waals surface area contributed by atoms with E-state index in [1.807, 2.05) is 31.2 Å². The molecule has 1 amide bonds. The second-order valence-corrected chi connectivity index (χ2v) is 7.61. The molecule has 33 heavy (non-hydrogen) atoms. The maximum Gasteiger partial charge on any atom is 0.274 e. The molecule has 4 heterocycles. The van der Waals surface area contributed by atoms with Gasteiger partial charge < -0.3 is 10.3 Å². The van der Waals surface area contributed by atoms with Gasteiger partial charge in [-0.1, -0.05) is 23.7 Å². The van der Waals surface area contributed by atoms with Gasteiger partial charge in [0, 0.05) is 17.8 Å². The Labute approximate surface area is 192 Å². The average Bonchev–Trinajstić information content (AvgIpc) is 3.34. The van der Waals surface area contributed by atoms with E-state index in [1.54, 1.807) is 24.5 Å². The van der Waals surface area contributed by atoms with Crippen molar-refractivity contribution in [1.82, 2.24) is 29.9 Å². The SMILES string of the molecule is Cc1c(-c2cccc3c(=O)[nH]ccc23)ccnc1C(=O)Nc1cnc(-n2nccn2)c(Cl)c1. The van der Waals surface area contributed by atoms with Crippen molar-refractivity contribution in [3.63, 3.8) is 0 Å². The van der Waals surface area contributed by atoms with Crippen molar-refractivity contribution in [3.05, 3.63) is 94.0 Å². The number of nitrogens with zero attached hydrogens (tertiary/aromatic N) is 5. The first kappa shape index (κ1) is 20.5. The fourth-order valence-electron chi connectivity index (χ4n) is 3.67. The van der Waals surface area contributed by atoms with Gasteiger partial charge in [-0.15, -0.1) is 4.80 Å². The minimum Gasteiger partial charge on any atom is -0.329 e. The molecule has 0 atom stereocenters. The van der Waals surface area contributed by atoms with Crippen LogP contribution in [0.15, 0.2) is 72.2 Å². The summed E-state index contributed by atoms with van der Waals surface area (Å²) in [7, 11) is 0. The second-order valence-electron chi connectivity index (χ2n) is 7.21. The summed E-state index contributed by atoms with van der Waals surface area (Å²) in [6, 6.07) is 10.7. The molecule has 0 aliphatic rings. The number of carbonyl (C=O) groups excluding carboxylic acids is 1. The average molecular weight is 458 g/mol. The van der Waals surface area contributed by atoms with Gasteiger partial charge in [0.05, 0.1) is 29.3 Å². The molecule has 0 spiro atoms. The van der Waals surface area contributed by atoms with E-state index in [2.05, 4.69) is 30.5 Å². The smallest absolute Gasteiger partial charge is 0.274 e. The van der Waals surface area contributed by atoms with Crippen molar-refractivity contribution in [1.29, 1.82) is 0 Å². The Kier molecular flexibility index (Phi) is 5.15. The molecular weight excluding hydrogens is 442 g/mol. The van der Waals surface area contributed by atoms with Gasteiger partial charge in [0.25, 0.3) is 11.5 Å². The van der Waals surface area contributed by atoms with Crippen molar-refractivity contribution in [2.75, 3.05) is 5.32 Å². The quantitative estimate of drug-likeness (QED) is 0.424. The molecule has 10 heteroatoms. The summed E-state index contributed by atoms with van der Waals surface area (Å²) in [5, 5.41) is 12.4. The predicted molar refractivity (Wildman–Crippen MR) is 125 cm³/mol. The number of benzene rings is 1. The van der Waals surface area contributed by atoms with Gasteiger partial charge in [0.15, 0.2) is 5.82 Å². The molecule has 0 aliphatic heterocycles. The van der Waals surface area contributed by atoms with Crippen LogP contribution in [0.25, 0.3) is 27.7 Å². The van der Waals surface area contributed by atoms with Gasteiger partial charge in [0.1, 0.15) is 5.69 Å². The van der Waals surface area contributed by atoms with Gasteiger partial charge in [-0.05, 0) is 53.3 Å². The standard InChI is InChI=1S/C23H16ClN7O2/c1-13-15(16-3-2-4-18-17(16)6-8-26-22(18)32)5-7-25-20(13)23(33)30-14-11-19(24)21(27-12-14)31-28-9-10-29-31/h2-12H,1H3,(H,26,32)(H,30,33). The van der Waals surface area contributed by atoms with E-state index in [-0.39, 0.29) is 16.3 Å². The molecule has 0 saturated carbocycles. The Morgan fingerprint density at radius 1 is 1.03 bits per heavy atom. The number of carbonyl (C=O) groups is 1. The fourth-order valence-corrected chi connectivity index (χ4v) is 3.92. The molecule has 0 fully saturated rings. The van der Waals surface area contributed by atoms with Crippen molar-refractivity contribution >= 4 is 34.0 Å². The van der Waals surface area contributed by atoms with Gasteiger partial charge in [-0.25, -0.2) is 4.98 Å². The van der Waals surface area contributed by atoms with E-state index >= 15 is 0 Å². The lowest BCUT2D eigenvalue weighted by Gasteiger charge is -2.13. The number of amides is 1. The van der Waals surface area contributed by atoms with E-state index in [9.17, 15) is 9.59 Å². The number of anilines is 1. The summed E-state index contributed by atoms with van der Waals surface area (Å²) in [5.41, 5.74) is 2.82. The van der Waals surface area contributed by atoms with Crippen LogP contribution in [0.5, 0.6) is 0 Å². The van der Waals surface area contributed by atoms with E-state index < -0.39 is 5.91 Å². The molecule has 5 aromatic rings.